The number of rotatable bonds is 8. The molecule has 1 aliphatic rings. The van der Waals surface area contributed by atoms with Crippen molar-refractivity contribution < 1.29 is 13.2 Å². The summed E-state index contributed by atoms with van der Waals surface area (Å²) < 4.78 is 27.7. The largest absolute Gasteiger partial charge is 0.385 e. The number of nitrogens with one attached hydrogen (secondary N) is 2. The molecule has 1 fully saturated rings. The molecular weight excluding hydrogens is 292 g/mol. The number of guanidine groups is 1. The number of aliphatic imine (C=N–C) groups is 1. The van der Waals surface area contributed by atoms with E-state index in [9.17, 15) is 8.42 Å². The molecule has 0 spiro atoms. The molecule has 0 aromatic rings. The first-order chi connectivity index (χ1) is 10.1. The molecule has 0 unspecified atom stereocenters. The normalized spacial score (nSPS) is 19.4. The molecule has 21 heavy (non-hydrogen) atoms. The van der Waals surface area contributed by atoms with Crippen LogP contribution in [0.25, 0.3) is 0 Å². The van der Waals surface area contributed by atoms with Crippen molar-refractivity contribution in [3.8, 4) is 0 Å². The van der Waals surface area contributed by atoms with E-state index in [1.807, 2.05) is 6.92 Å². The van der Waals surface area contributed by atoms with E-state index in [2.05, 4.69) is 20.5 Å². The first-order valence-electron chi connectivity index (χ1n) is 7.51. The fraction of sp³-hybridized carbons (Fsp3) is 0.923. The highest BCUT2D eigenvalue weighted by Crippen LogP contribution is 2.02. The lowest BCUT2D eigenvalue weighted by Gasteiger charge is -2.26. The second-order valence-corrected chi connectivity index (χ2v) is 7.33. The third-order valence-corrected chi connectivity index (χ3v) is 4.89. The van der Waals surface area contributed by atoms with E-state index in [0.29, 0.717) is 19.7 Å². The molecule has 8 heteroatoms. The van der Waals surface area contributed by atoms with Gasteiger partial charge in [-0.3, -0.25) is 9.89 Å². The van der Waals surface area contributed by atoms with Gasteiger partial charge in [0, 0.05) is 53.0 Å². The Morgan fingerprint density at radius 1 is 1.29 bits per heavy atom. The van der Waals surface area contributed by atoms with E-state index in [1.165, 1.54) is 0 Å². The van der Waals surface area contributed by atoms with E-state index in [-0.39, 0.29) is 11.5 Å². The minimum absolute atomic E-state index is 0.276. The molecule has 0 saturated carbocycles. The Balaban J connectivity index is 2.23. The molecule has 1 aliphatic heterocycles. The predicted octanol–water partition coefficient (Wildman–Crippen LogP) is -0.692. The highest BCUT2D eigenvalue weighted by Gasteiger charge is 2.20. The van der Waals surface area contributed by atoms with Gasteiger partial charge in [-0.1, -0.05) is 0 Å². The second kappa shape index (κ2) is 9.97. The van der Waals surface area contributed by atoms with Crippen molar-refractivity contribution in [2.75, 3.05) is 64.5 Å². The highest BCUT2D eigenvalue weighted by atomic mass is 32.2. The second-order valence-electron chi connectivity index (χ2n) is 5.03. The summed E-state index contributed by atoms with van der Waals surface area (Å²) in [5.41, 5.74) is 0. The minimum Gasteiger partial charge on any atom is -0.385 e. The van der Waals surface area contributed by atoms with Gasteiger partial charge in [0.05, 0.1) is 11.5 Å². The lowest BCUT2D eigenvalue weighted by Crippen LogP contribution is -2.46. The van der Waals surface area contributed by atoms with Crippen molar-refractivity contribution in [1.82, 2.24) is 15.5 Å². The van der Waals surface area contributed by atoms with Crippen LogP contribution in [-0.2, 0) is 14.6 Å². The van der Waals surface area contributed by atoms with Crippen LogP contribution in [0.15, 0.2) is 4.99 Å². The van der Waals surface area contributed by atoms with Crippen molar-refractivity contribution in [3.05, 3.63) is 0 Å². The van der Waals surface area contributed by atoms with Gasteiger partial charge in [-0.25, -0.2) is 8.42 Å². The Morgan fingerprint density at radius 2 is 2.00 bits per heavy atom. The zero-order chi connectivity index (χ0) is 15.6. The molecule has 1 rings (SSSR count). The summed E-state index contributed by atoms with van der Waals surface area (Å²) in [6.07, 6.45) is 0.900. The van der Waals surface area contributed by atoms with Crippen LogP contribution in [-0.4, -0.2) is 83.8 Å². The van der Waals surface area contributed by atoms with Crippen LogP contribution >= 0.6 is 0 Å². The van der Waals surface area contributed by atoms with E-state index in [4.69, 9.17) is 4.74 Å². The van der Waals surface area contributed by atoms with Crippen molar-refractivity contribution in [2.45, 2.75) is 13.3 Å². The predicted molar refractivity (Wildman–Crippen MR) is 85.6 cm³/mol. The monoisotopic (exact) mass is 320 g/mol. The summed E-state index contributed by atoms with van der Waals surface area (Å²) >= 11 is 0. The molecule has 0 radical (unpaired) electrons. The summed E-state index contributed by atoms with van der Waals surface area (Å²) in [7, 11) is -1.11. The summed E-state index contributed by atoms with van der Waals surface area (Å²) in [6, 6.07) is 0. The SMILES string of the molecule is CCNC(=NCCCOC)NCCN1CCS(=O)(=O)CC1. The van der Waals surface area contributed by atoms with E-state index in [1.54, 1.807) is 7.11 Å². The average Bonchev–Trinajstić information content (AvgIpc) is 2.45. The fourth-order valence-electron chi connectivity index (χ4n) is 2.05. The smallest absolute Gasteiger partial charge is 0.191 e. The standard InChI is InChI=1S/C13H28N4O3S/c1-3-14-13(15-5-4-10-20-2)16-6-7-17-8-11-21(18,19)12-9-17/h3-12H2,1-2H3,(H2,14,15,16). The summed E-state index contributed by atoms with van der Waals surface area (Å²) in [4.78, 5) is 6.63. The van der Waals surface area contributed by atoms with Gasteiger partial charge in [0.25, 0.3) is 0 Å². The van der Waals surface area contributed by atoms with Gasteiger partial charge in [-0.2, -0.15) is 0 Å². The molecular formula is C13H28N4O3S. The summed E-state index contributed by atoms with van der Waals surface area (Å²) in [6.45, 7) is 7.14. The van der Waals surface area contributed by atoms with Crippen LogP contribution in [0.2, 0.25) is 0 Å². The zero-order valence-corrected chi connectivity index (χ0v) is 13.9. The third kappa shape index (κ3) is 8.23. The molecule has 0 aromatic heterocycles. The maximum atomic E-state index is 11.4. The van der Waals surface area contributed by atoms with Crippen molar-refractivity contribution in [3.63, 3.8) is 0 Å². The zero-order valence-electron chi connectivity index (χ0n) is 13.1. The van der Waals surface area contributed by atoms with E-state index in [0.717, 1.165) is 38.6 Å². The highest BCUT2D eigenvalue weighted by molar-refractivity contribution is 7.91. The number of ether oxygens (including phenoxy) is 1. The Hall–Kier alpha value is -0.860. The molecule has 0 aliphatic carbocycles. The maximum Gasteiger partial charge on any atom is 0.191 e. The molecule has 0 aromatic carbocycles. The molecule has 0 bridgehead atoms. The Bertz CT molecular complexity index is 398. The number of nitrogens with zero attached hydrogens (tertiary/aromatic N) is 2. The molecule has 7 nitrogen and oxygen atoms in total. The third-order valence-electron chi connectivity index (χ3n) is 3.28. The lowest BCUT2D eigenvalue weighted by molar-refractivity contribution is 0.197. The van der Waals surface area contributed by atoms with Crippen LogP contribution < -0.4 is 10.6 Å². The van der Waals surface area contributed by atoms with Gasteiger partial charge in [0.2, 0.25) is 0 Å². The van der Waals surface area contributed by atoms with Gasteiger partial charge in [0.1, 0.15) is 0 Å². The van der Waals surface area contributed by atoms with Crippen LogP contribution in [0.3, 0.4) is 0 Å². The molecule has 124 valence electrons. The minimum atomic E-state index is -2.79. The van der Waals surface area contributed by atoms with Crippen LogP contribution in [0.1, 0.15) is 13.3 Å². The average molecular weight is 320 g/mol. The van der Waals surface area contributed by atoms with Gasteiger partial charge in [-0.05, 0) is 13.3 Å². The Labute approximate surface area is 128 Å². The van der Waals surface area contributed by atoms with Crippen molar-refractivity contribution in [1.29, 1.82) is 0 Å². The van der Waals surface area contributed by atoms with Gasteiger partial charge < -0.3 is 15.4 Å². The summed E-state index contributed by atoms with van der Waals surface area (Å²) in [5.74, 6) is 1.36. The fourth-order valence-corrected chi connectivity index (χ4v) is 3.32. The maximum absolute atomic E-state index is 11.4. The molecule has 1 saturated heterocycles. The van der Waals surface area contributed by atoms with Crippen LogP contribution in [0, 0.1) is 0 Å². The molecule has 0 atom stereocenters. The van der Waals surface area contributed by atoms with Crippen LogP contribution in [0.5, 0.6) is 0 Å². The Morgan fingerprint density at radius 3 is 2.62 bits per heavy atom. The lowest BCUT2D eigenvalue weighted by atomic mass is 10.4. The van der Waals surface area contributed by atoms with Gasteiger partial charge >= 0.3 is 0 Å². The van der Waals surface area contributed by atoms with E-state index >= 15 is 0 Å². The number of hydrogen-bond donors (Lipinski definition) is 2. The Kier molecular flexibility index (Phi) is 8.63. The van der Waals surface area contributed by atoms with E-state index < -0.39 is 9.84 Å². The first-order valence-corrected chi connectivity index (χ1v) is 9.33. The van der Waals surface area contributed by atoms with Gasteiger partial charge in [-0.15, -0.1) is 0 Å². The molecule has 2 N–H and O–H groups in total. The summed E-state index contributed by atoms with van der Waals surface area (Å²) in [5, 5.41) is 6.47. The molecule has 1 heterocycles. The number of sulfone groups is 1. The van der Waals surface area contributed by atoms with Gasteiger partial charge in [0.15, 0.2) is 15.8 Å². The van der Waals surface area contributed by atoms with Crippen molar-refractivity contribution >= 4 is 15.8 Å². The van der Waals surface area contributed by atoms with Crippen LogP contribution in [0.4, 0.5) is 0 Å². The number of methoxy groups -OCH3 is 1. The number of hydrogen-bond acceptors (Lipinski definition) is 5. The quantitative estimate of drug-likeness (QED) is 0.350. The first kappa shape index (κ1) is 18.2. The topological polar surface area (TPSA) is 83.0 Å². The molecule has 0 amide bonds. The van der Waals surface area contributed by atoms with Crippen molar-refractivity contribution in [2.24, 2.45) is 4.99 Å².